The summed E-state index contributed by atoms with van der Waals surface area (Å²) >= 11 is 24.5. The van der Waals surface area contributed by atoms with Crippen LogP contribution in [-0.2, 0) is 0 Å². The first kappa shape index (κ1) is 10.2. The molecule has 0 spiro atoms. The summed E-state index contributed by atoms with van der Waals surface area (Å²) < 4.78 is 1.50. The fourth-order valence-corrected chi connectivity index (χ4v) is 5.66. The summed E-state index contributed by atoms with van der Waals surface area (Å²) in [7, 11) is 0. The summed E-state index contributed by atoms with van der Waals surface area (Å²) in [6, 6.07) is -0.890. The van der Waals surface area contributed by atoms with Crippen LogP contribution >= 0.6 is 56.2 Å². The molecule has 0 saturated carbocycles. The third kappa shape index (κ3) is 2.51. The van der Waals surface area contributed by atoms with Crippen molar-refractivity contribution in [1.82, 2.24) is 0 Å². The van der Waals surface area contributed by atoms with Gasteiger partial charge in [-0.25, -0.2) is 0 Å². The van der Waals surface area contributed by atoms with E-state index in [1.165, 1.54) is 11.3 Å². The van der Waals surface area contributed by atoms with E-state index in [-0.39, 0.29) is 0 Å². The summed E-state index contributed by atoms with van der Waals surface area (Å²) in [4.78, 5) is 0. The molecule has 0 aromatic carbocycles. The Bertz CT molecular complexity index is 264. The normalized spacial score (nSPS) is 12.1. The van der Waals surface area contributed by atoms with Crippen molar-refractivity contribution < 1.29 is 0 Å². The fourth-order valence-electron chi connectivity index (χ4n) is 0.725. The minimum absolute atomic E-state index is 0.677. The Morgan fingerprint density at radius 3 is 2.09 bits per heavy atom. The second-order valence-electron chi connectivity index (χ2n) is 2.06. The highest BCUT2D eigenvalue weighted by Gasteiger charge is 2.32. The van der Waals surface area contributed by atoms with Crippen LogP contribution in [0.3, 0.4) is 0 Å². The van der Waals surface area contributed by atoms with E-state index in [2.05, 4.69) is 0 Å². The van der Waals surface area contributed by atoms with E-state index in [0.29, 0.717) is 4.34 Å². The average molecular weight is 266 g/mol. The molecular weight excluding hydrogens is 262 g/mol. The Morgan fingerprint density at radius 2 is 1.91 bits per heavy atom. The summed E-state index contributed by atoms with van der Waals surface area (Å²) in [5, 5.41) is 0. The lowest BCUT2D eigenvalue weighted by molar-refractivity contribution is 1.58. The van der Waals surface area contributed by atoms with Crippen molar-refractivity contribution >= 4 is 66.7 Å². The standard InChI is InChI=1S/C5H4Cl4SSi/c1-3-2-4(6)10-5(3)11(7,8)9/h2H,1H3. The van der Waals surface area contributed by atoms with Gasteiger partial charge in [0.05, 0.1) is 4.34 Å². The maximum Gasteiger partial charge on any atom is 0.383 e. The molecule has 0 bridgehead atoms. The van der Waals surface area contributed by atoms with Crippen LogP contribution in [0.1, 0.15) is 5.56 Å². The molecule has 0 aliphatic rings. The van der Waals surface area contributed by atoms with E-state index < -0.39 is 6.00 Å². The highest BCUT2D eigenvalue weighted by molar-refractivity contribution is 7.73. The van der Waals surface area contributed by atoms with Crippen LogP contribution in [0.25, 0.3) is 0 Å². The molecule has 0 atom stereocenters. The van der Waals surface area contributed by atoms with E-state index in [4.69, 9.17) is 44.8 Å². The minimum Gasteiger partial charge on any atom is -0.129 e. The van der Waals surface area contributed by atoms with Gasteiger partial charge >= 0.3 is 6.00 Å². The van der Waals surface area contributed by atoms with Crippen LogP contribution in [0.2, 0.25) is 4.34 Å². The molecular formula is C5H4Cl4SSi. The van der Waals surface area contributed by atoms with Crippen LogP contribution in [0, 0.1) is 6.92 Å². The first-order valence-electron chi connectivity index (χ1n) is 2.74. The number of hydrogen-bond acceptors (Lipinski definition) is 1. The minimum atomic E-state index is -2.71. The quantitative estimate of drug-likeness (QED) is 0.538. The third-order valence-corrected chi connectivity index (χ3v) is 7.17. The zero-order valence-electron chi connectivity index (χ0n) is 5.50. The maximum absolute atomic E-state index is 5.80. The van der Waals surface area contributed by atoms with Crippen LogP contribution in [0.4, 0.5) is 0 Å². The molecule has 0 saturated heterocycles. The molecule has 1 aromatic heterocycles. The van der Waals surface area contributed by atoms with E-state index in [9.17, 15) is 0 Å². The van der Waals surface area contributed by atoms with Crippen molar-refractivity contribution in [3.8, 4) is 0 Å². The van der Waals surface area contributed by atoms with Crippen molar-refractivity contribution in [2.24, 2.45) is 0 Å². The van der Waals surface area contributed by atoms with Gasteiger partial charge in [-0.3, -0.25) is 0 Å². The second-order valence-corrected chi connectivity index (χ2v) is 12.4. The number of halogens is 4. The lowest BCUT2D eigenvalue weighted by Crippen LogP contribution is -2.28. The first-order valence-corrected chi connectivity index (χ1v) is 8.97. The van der Waals surface area contributed by atoms with Gasteiger partial charge in [0.15, 0.2) is 0 Å². The highest BCUT2D eigenvalue weighted by Crippen LogP contribution is 2.28. The van der Waals surface area contributed by atoms with Crippen LogP contribution < -0.4 is 4.50 Å². The lowest BCUT2D eigenvalue weighted by Gasteiger charge is -2.04. The molecule has 0 nitrogen and oxygen atoms in total. The lowest BCUT2D eigenvalue weighted by atomic mass is 10.4. The van der Waals surface area contributed by atoms with E-state index in [1.54, 1.807) is 0 Å². The topological polar surface area (TPSA) is 0 Å². The smallest absolute Gasteiger partial charge is 0.129 e. The SMILES string of the molecule is Cc1cc(Cl)sc1[Si](Cl)(Cl)Cl. The van der Waals surface area contributed by atoms with Crippen molar-refractivity contribution in [1.29, 1.82) is 0 Å². The first-order chi connectivity index (χ1) is 4.91. The Labute approximate surface area is 89.1 Å². The van der Waals surface area contributed by atoms with Gasteiger partial charge in [-0.15, -0.1) is 44.6 Å². The molecule has 1 aromatic rings. The third-order valence-electron chi connectivity index (χ3n) is 1.15. The summed E-state index contributed by atoms with van der Waals surface area (Å²) in [5.74, 6) is 0. The van der Waals surface area contributed by atoms with Crippen LogP contribution in [0.15, 0.2) is 6.07 Å². The summed E-state index contributed by atoms with van der Waals surface area (Å²) in [5.41, 5.74) is 0.978. The molecule has 11 heavy (non-hydrogen) atoms. The Balaban J connectivity index is 3.13. The van der Waals surface area contributed by atoms with E-state index in [0.717, 1.165) is 10.1 Å². The molecule has 0 aliphatic heterocycles. The molecule has 62 valence electrons. The Morgan fingerprint density at radius 1 is 1.36 bits per heavy atom. The van der Waals surface area contributed by atoms with Crippen LogP contribution in [0.5, 0.6) is 0 Å². The van der Waals surface area contributed by atoms with Gasteiger partial charge in [0.1, 0.15) is 0 Å². The van der Waals surface area contributed by atoms with Gasteiger partial charge in [-0.05, 0) is 18.6 Å². The zero-order chi connectivity index (χ0) is 8.65. The van der Waals surface area contributed by atoms with Crippen molar-refractivity contribution in [2.75, 3.05) is 0 Å². The van der Waals surface area contributed by atoms with Crippen LogP contribution in [-0.4, -0.2) is 6.00 Å². The fraction of sp³-hybridized carbons (Fsp3) is 0.200. The van der Waals surface area contributed by atoms with Gasteiger partial charge in [0.2, 0.25) is 0 Å². The monoisotopic (exact) mass is 264 g/mol. The highest BCUT2D eigenvalue weighted by atomic mass is 35.8. The molecule has 0 fully saturated rings. The van der Waals surface area contributed by atoms with Crippen molar-refractivity contribution in [2.45, 2.75) is 6.92 Å². The van der Waals surface area contributed by atoms with Gasteiger partial charge in [0, 0.05) is 4.50 Å². The molecule has 0 unspecified atom stereocenters. The van der Waals surface area contributed by atoms with E-state index in [1.807, 2.05) is 13.0 Å². The average Bonchev–Trinajstić information content (AvgIpc) is 2.08. The predicted octanol–water partition coefficient (Wildman–Crippen LogP) is 3.57. The second kappa shape index (κ2) is 3.44. The maximum atomic E-state index is 5.80. The molecule has 6 heteroatoms. The Kier molecular flexibility index (Phi) is 3.18. The van der Waals surface area contributed by atoms with E-state index >= 15 is 0 Å². The molecule has 0 radical (unpaired) electrons. The van der Waals surface area contributed by atoms with Crippen molar-refractivity contribution in [3.63, 3.8) is 0 Å². The zero-order valence-corrected chi connectivity index (χ0v) is 10.3. The van der Waals surface area contributed by atoms with Gasteiger partial charge in [0.25, 0.3) is 0 Å². The number of thiophene rings is 1. The van der Waals surface area contributed by atoms with Gasteiger partial charge in [-0.2, -0.15) is 0 Å². The van der Waals surface area contributed by atoms with Gasteiger partial charge in [-0.1, -0.05) is 11.6 Å². The predicted molar refractivity (Wildman–Crippen MR) is 57.0 cm³/mol. The van der Waals surface area contributed by atoms with Gasteiger partial charge < -0.3 is 0 Å². The number of aryl methyl sites for hydroxylation is 1. The number of rotatable bonds is 1. The summed E-state index contributed by atoms with van der Waals surface area (Å²) in [6.07, 6.45) is 0. The summed E-state index contributed by atoms with van der Waals surface area (Å²) in [6.45, 7) is 1.90. The molecule has 0 amide bonds. The largest absolute Gasteiger partial charge is 0.383 e. The number of hydrogen-bond donors (Lipinski definition) is 0. The van der Waals surface area contributed by atoms with Crippen molar-refractivity contribution in [3.05, 3.63) is 16.0 Å². The molecule has 0 N–H and O–H groups in total. The Hall–Kier alpha value is 1.08. The molecule has 1 heterocycles. The molecule has 1 rings (SSSR count). The molecule has 0 aliphatic carbocycles.